The molecule has 1 fully saturated rings. The first-order chi connectivity index (χ1) is 8.35. The number of hydrogen-bond acceptors (Lipinski definition) is 2. The maximum Gasteiger partial charge on any atom is 0.313 e. The minimum atomic E-state index is -0.602. The fourth-order valence-corrected chi connectivity index (χ4v) is 2.41. The van der Waals surface area contributed by atoms with E-state index in [1.807, 2.05) is 34.6 Å². The molecule has 0 bridgehead atoms. The van der Waals surface area contributed by atoms with Gasteiger partial charge in [0.2, 0.25) is 0 Å². The van der Waals surface area contributed by atoms with Crippen molar-refractivity contribution in [1.82, 2.24) is 0 Å². The molecule has 18 heavy (non-hydrogen) atoms. The van der Waals surface area contributed by atoms with Gasteiger partial charge in [0.05, 0.1) is 5.41 Å². The van der Waals surface area contributed by atoms with E-state index in [9.17, 15) is 4.79 Å². The molecule has 0 N–H and O–H groups in total. The second-order valence-corrected chi connectivity index (χ2v) is 6.09. The molecule has 1 unspecified atom stereocenters. The Morgan fingerprint density at radius 2 is 1.83 bits per heavy atom. The Labute approximate surface area is 111 Å². The van der Waals surface area contributed by atoms with Gasteiger partial charge in [-0.1, -0.05) is 25.7 Å². The van der Waals surface area contributed by atoms with Gasteiger partial charge in [0, 0.05) is 5.92 Å². The van der Waals surface area contributed by atoms with Crippen LogP contribution in [0.15, 0.2) is 0 Å². The largest absolute Gasteiger partial charge is 0.445 e. The molecule has 0 aromatic rings. The zero-order valence-corrected chi connectivity index (χ0v) is 12.4. The fourth-order valence-electron chi connectivity index (χ4n) is 2.41. The van der Waals surface area contributed by atoms with E-state index in [-0.39, 0.29) is 5.97 Å². The van der Waals surface area contributed by atoms with E-state index in [1.165, 1.54) is 12.8 Å². The lowest BCUT2D eigenvalue weighted by atomic mass is 9.86. The average Bonchev–Trinajstić information content (AvgIpc) is 2.83. The van der Waals surface area contributed by atoms with Crippen LogP contribution in [-0.2, 0) is 9.53 Å². The van der Waals surface area contributed by atoms with Crippen LogP contribution in [0.2, 0.25) is 0 Å². The molecule has 0 saturated heterocycles. The molecule has 0 radical (unpaired) electrons. The van der Waals surface area contributed by atoms with E-state index in [0.29, 0.717) is 5.92 Å². The van der Waals surface area contributed by atoms with Gasteiger partial charge in [-0.25, -0.2) is 0 Å². The third-order valence-corrected chi connectivity index (χ3v) is 4.25. The molecular formula is C16H26O2. The highest BCUT2D eigenvalue weighted by Crippen LogP contribution is 2.37. The van der Waals surface area contributed by atoms with Gasteiger partial charge in [-0.05, 0) is 47.0 Å². The number of carbonyl (C=O) groups is 1. The number of rotatable bonds is 4. The molecule has 0 aliphatic heterocycles. The van der Waals surface area contributed by atoms with Gasteiger partial charge in [-0.2, -0.15) is 0 Å². The molecule has 0 aromatic heterocycles. The van der Waals surface area contributed by atoms with Crippen LogP contribution in [0.25, 0.3) is 0 Å². The van der Waals surface area contributed by atoms with Crippen LogP contribution in [0.4, 0.5) is 0 Å². The van der Waals surface area contributed by atoms with E-state index in [4.69, 9.17) is 4.74 Å². The first-order valence-electron chi connectivity index (χ1n) is 7.03. The van der Waals surface area contributed by atoms with Crippen molar-refractivity contribution in [1.29, 1.82) is 0 Å². The van der Waals surface area contributed by atoms with Gasteiger partial charge in [0.25, 0.3) is 0 Å². The predicted octanol–water partition coefficient (Wildman–Crippen LogP) is 3.94. The lowest BCUT2D eigenvalue weighted by molar-refractivity contribution is -0.168. The molecule has 1 saturated carbocycles. The Hall–Kier alpha value is -0.970. The molecule has 0 aromatic carbocycles. The highest BCUT2D eigenvalue weighted by Gasteiger charge is 2.41. The second kappa shape index (κ2) is 5.78. The summed E-state index contributed by atoms with van der Waals surface area (Å²) in [6.45, 7) is 9.67. The summed E-state index contributed by atoms with van der Waals surface area (Å²) in [5.74, 6) is 6.34. The van der Waals surface area contributed by atoms with Crippen LogP contribution in [0.5, 0.6) is 0 Å². The van der Waals surface area contributed by atoms with Crippen LogP contribution in [0.1, 0.15) is 66.7 Å². The van der Waals surface area contributed by atoms with E-state index < -0.39 is 11.0 Å². The van der Waals surface area contributed by atoms with Crippen LogP contribution in [0.3, 0.4) is 0 Å². The molecule has 1 rings (SSSR count). The van der Waals surface area contributed by atoms with Crippen molar-refractivity contribution < 1.29 is 9.53 Å². The van der Waals surface area contributed by atoms with Gasteiger partial charge in [0.1, 0.15) is 0 Å². The SMILES string of the molecule is CC#CC(C)(OC(=O)C(C)(C)CC)C1CCCC1. The first kappa shape index (κ1) is 15.1. The van der Waals surface area contributed by atoms with Gasteiger partial charge in [0.15, 0.2) is 5.60 Å². The van der Waals surface area contributed by atoms with Gasteiger partial charge < -0.3 is 4.74 Å². The predicted molar refractivity (Wildman–Crippen MR) is 74.0 cm³/mol. The maximum absolute atomic E-state index is 12.3. The van der Waals surface area contributed by atoms with Crippen LogP contribution in [-0.4, -0.2) is 11.6 Å². The fraction of sp³-hybridized carbons (Fsp3) is 0.812. The minimum Gasteiger partial charge on any atom is -0.445 e. The summed E-state index contributed by atoms with van der Waals surface area (Å²) >= 11 is 0. The summed E-state index contributed by atoms with van der Waals surface area (Å²) in [5.41, 5.74) is -1.02. The van der Waals surface area contributed by atoms with Crippen LogP contribution in [0, 0.1) is 23.2 Å². The summed E-state index contributed by atoms with van der Waals surface area (Å²) in [5, 5.41) is 0. The van der Waals surface area contributed by atoms with Crippen molar-refractivity contribution in [3.8, 4) is 11.8 Å². The highest BCUT2D eigenvalue weighted by atomic mass is 16.6. The Morgan fingerprint density at radius 3 is 2.28 bits per heavy atom. The number of hydrogen-bond donors (Lipinski definition) is 0. The van der Waals surface area contributed by atoms with Gasteiger partial charge in [-0.3, -0.25) is 4.79 Å². The van der Waals surface area contributed by atoms with E-state index in [0.717, 1.165) is 19.3 Å². The van der Waals surface area contributed by atoms with Crippen molar-refractivity contribution in [2.45, 2.75) is 72.3 Å². The van der Waals surface area contributed by atoms with E-state index in [2.05, 4.69) is 11.8 Å². The number of carbonyl (C=O) groups excluding carboxylic acids is 1. The van der Waals surface area contributed by atoms with Crippen molar-refractivity contribution in [2.24, 2.45) is 11.3 Å². The summed E-state index contributed by atoms with van der Waals surface area (Å²) in [4.78, 5) is 12.3. The molecular weight excluding hydrogens is 224 g/mol. The number of ether oxygens (including phenoxy) is 1. The average molecular weight is 250 g/mol. The van der Waals surface area contributed by atoms with Crippen LogP contribution < -0.4 is 0 Å². The Kier molecular flexibility index (Phi) is 4.85. The minimum absolute atomic E-state index is 0.123. The highest BCUT2D eigenvalue weighted by molar-refractivity contribution is 5.76. The molecule has 1 atom stereocenters. The maximum atomic E-state index is 12.3. The standard InChI is InChI=1S/C16H26O2/c1-6-12-16(5,13-10-8-9-11-13)18-14(17)15(3,4)7-2/h13H,7-11H2,1-5H3. The molecule has 0 heterocycles. The summed E-state index contributed by atoms with van der Waals surface area (Å²) in [6.07, 6.45) is 5.46. The van der Waals surface area contributed by atoms with E-state index in [1.54, 1.807) is 0 Å². The molecule has 1 aliphatic carbocycles. The van der Waals surface area contributed by atoms with Crippen LogP contribution >= 0.6 is 0 Å². The first-order valence-corrected chi connectivity index (χ1v) is 7.03. The monoisotopic (exact) mass is 250 g/mol. The quantitative estimate of drug-likeness (QED) is 0.558. The van der Waals surface area contributed by atoms with Crippen molar-refractivity contribution in [3.05, 3.63) is 0 Å². The topological polar surface area (TPSA) is 26.3 Å². The molecule has 1 aliphatic rings. The zero-order valence-electron chi connectivity index (χ0n) is 12.4. The third kappa shape index (κ3) is 3.28. The summed E-state index contributed by atoms with van der Waals surface area (Å²) < 4.78 is 5.81. The molecule has 0 spiro atoms. The second-order valence-electron chi connectivity index (χ2n) is 6.09. The lowest BCUT2D eigenvalue weighted by Gasteiger charge is -2.33. The lowest BCUT2D eigenvalue weighted by Crippen LogP contribution is -2.41. The smallest absolute Gasteiger partial charge is 0.313 e. The normalized spacial score (nSPS) is 19.8. The Bertz CT molecular complexity index is 353. The molecule has 0 amide bonds. The zero-order chi connectivity index (χ0) is 13.8. The molecule has 2 nitrogen and oxygen atoms in total. The van der Waals surface area contributed by atoms with Crippen molar-refractivity contribution in [2.75, 3.05) is 0 Å². The van der Waals surface area contributed by atoms with Crippen molar-refractivity contribution >= 4 is 5.97 Å². The summed E-state index contributed by atoms with van der Waals surface area (Å²) in [7, 11) is 0. The summed E-state index contributed by atoms with van der Waals surface area (Å²) in [6, 6.07) is 0. The van der Waals surface area contributed by atoms with Gasteiger partial charge >= 0.3 is 5.97 Å². The molecule has 102 valence electrons. The third-order valence-electron chi connectivity index (χ3n) is 4.25. The molecule has 2 heteroatoms. The van der Waals surface area contributed by atoms with Crippen molar-refractivity contribution in [3.63, 3.8) is 0 Å². The Balaban J connectivity index is 2.85. The number of esters is 1. The van der Waals surface area contributed by atoms with Gasteiger partial charge in [-0.15, -0.1) is 5.92 Å². The Morgan fingerprint density at radius 1 is 1.28 bits per heavy atom. The van der Waals surface area contributed by atoms with E-state index >= 15 is 0 Å².